The van der Waals surface area contributed by atoms with Crippen LogP contribution in [0.3, 0.4) is 0 Å². The van der Waals surface area contributed by atoms with Crippen LogP contribution in [0, 0.1) is 0 Å². The molecule has 0 nitrogen and oxygen atoms in total. The van der Waals surface area contributed by atoms with Gasteiger partial charge in [-0.25, -0.2) is 0 Å². The second-order valence-electron chi connectivity index (χ2n) is 4.29. The van der Waals surface area contributed by atoms with Gasteiger partial charge < -0.3 is 0 Å². The molecule has 0 aliphatic carbocycles. The third-order valence-corrected chi connectivity index (χ3v) is 3.07. The molecule has 1 rings (SSSR count). The summed E-state index contributed by atoms with van der Waals surface area (Å²) in [5.74, 6) is 0. The fourth-order valence-electron chi connectivity index (χ4n) is 1.07. The molecule has 70 valence electrons. The maximum absolute atomic E-state index is 2.36. The summed E-state index contributed by atoms with van der Waals surface area (Å²) in [7, 11) is -0.639. The van der Waals surface area contributed by atoms with E-state index in [-0.39, 0.29) is 0 Å². The molecule has 0 aliphatic heterocycles. The quantitative estimate of drug-likeness (QED) is 0.643. The van der Waals surface area contributed by atoms with Crippen molar-refractivity contribution in [3.8, 4) is 0 Å². The number of rotatable bonds is 3. The highest BCUT2D eigenvalue weighted by Gasteiger charge is 2.13. The minimum atomic E-state index is -0.639. The molecule has 0 heterocycles. The average molecular weight is 193 g/mol. The molecule has 1 aromatic rings. The van der Waals surface area contributed by atoms with E-state index in [1.807, 2.05) is 6.07 Å². The summed E-state index contributed by atoms with van der Waals surface area (Å²) in [4.78, 5) is 0. The predicted molar refractivity (Wildman–Crippen MR) is 65.0 cm³/mol. The summed E-state index contributed by atoms with van der Waals surface area (Å²) in [6, 6.07) is 10.5. The van der Waals surface area contributed by atoms with E-state index in [9.17, 15) is 0 Å². The molecule has 0 saturated carbocycles. The lowest BCUT2D eigenvalue weighted by Gasteiger charge is -2.07. The third-order valence-electron chi connectivity index (χ3n) is 1.76. The highest BCUT2D eigenvalue weighted by molar-refractivity contribution is 7.73. The van der Waals surface area contributed by atoms with Gasteiger partial charge in [0.2, 0.25) is 0 Å². The Balaban J connectivity index is 2.51. The van der Waals surface area contributed by atoms with Crippen molar-refractivity contribution in [1.29, 1.82) is 0 Å². The highest BCUT2D eigenvalue weighted by Crippen LogP contribution is 2.46. The largest absolute Gasteiger partial charge is 0.0768 e. The molecule has 0 N–H and O–H groups in total. The Morgan fingerprint density at radius 1 is 1.08 bits per heavy atom. The molecule has 0 amide bonds. The molecule has 0 aromatic heterocycles. The van der Waals surface area contributed by atoms with Crippen LogP contribution in [0.5, 0.6) is 0 Å². The fraction of sp³-hybridized carbons (Fsp3) is 0.333. The van der Waals surface area contributed by atoms with Crippen LogP contribution in [-0.4, -0.2) is 26.2 Å². The Kier molecular flexibility index (Phi) is 3.69. The van der Waals surface area contributed by atoms with Gasteiger partial charge in [-0.3, -0.25) is 0 Å². The molecule has 1 heteroatoms. The predicted octanol–water partition coefficient (Wildman–Crippen LogP) is 3.61. The Morgan fingerprint density at radius 3 is 2.23 bits per heavy atom. The molecule has 0 spiro atoms. The first kappa shape index (κ1) is 10.5. The van der Waals surface area contributed by atoms with E-state index < -0.39 is 7.26 Å². The first-order chi connectivity index (χ1) is 6.08. The van der Waals surface area contributed by atoms with Crippen molar-refractivity contribution in [2.24, 2.45) is 0 Å². The maximum Gasteiger partial charge on any atom is 0.0768 e. The maximum atomic E-state index is 2.36. The monoisotopic (exact) mass is 193 g/mol. The van der Waals surface area contributed by atoms with Crippen molar-refractivity contribution in [3.05, 3.63) is 42.0 Å². The van der Waals surface area contributed by atoms with Gasteiger partial charge in [0.15, 0.2) is 0 Å². The molecule has 0 saturated heterocycles. The van der Waals surface area contributed by atoms with Crippen molar-refractivity contribution < 1.29 is 0 Å². The number of hydrogen-bond donors (Lipinski definition) is 0. The zero-order valence-electron chi connectivity index (χ0n) is 8.70. The lowest BCUT2D eigenvalue weighted by molar-refractivity contribution is 1.63. The average Bonchev–Trinajstić information content (AvgIpc) is 2.04. The van der Waals surface area contributed by atoms with E-state index >= 15 is 0 Å². The molecule has 13 heavy (non-hydrogen) atoms. The van der Waals surface area contributed by atoms with E-state index in [1.54, 1.807) is 0 Å². The molecule has 0 aliphatic rings. The zero-order chi connectivity index (χ0) is 9.73. The lowest BCUT2D eigenvalue weighted by Crippen LogP contribution is -1.87. The van der Waals surface area contributed by atoms with E-state index in [0.717, 1.165) is 0 Å². The summed E-state index contributed by atoms with van der Waals surface area (Å²) in [6.45, 7) is 7.09. The molecule has 0 bridgehead atoms. The van der Waals surface area contributed by atoms with Crippen molar-refractivity contribution >= 4 is 13.3 Å². The van der Waals surface area contributed by atoms with Crippen molar-refractivity contribution in [2.75, 3.05) is 26.2 Å². The smallest absolute Gasteiger partial charge is 0.0622 e. The summed E-state index contributed by atoms with van der Waals surface area (Å²) in [5.41, 5.74) is 1.30. The van der Waals surface area contributed by atoms with Crippen molar-refractivity contribution in [2.45, 2.75) is 0 Å². The second-order valence-corrected chi connectivity index (χ2v) is 9.23. The van der Waals surface area contributed by atoms with E-state index in [2.05, 4.69) is 56.4 Å². The van der Waals surface area contributed by atoms with Crippen LogP contribution in [0.2, 0.25) is 0 Å². The normalized spacial score (nSPS) is 12.2. The van der Waals surface area contributed by atoms with Gasteiger partial charge in [0.05, 0.1) is 6.16 Å². The van der Waals surface area contributed by atoms with Crippen molar-refractivity contribution in [3.63, 3.8) is 0 Å². The highest BCUT2D eigenvalue weighted by atomic mass is 31.2. The Hall–Kier alpha value is -0.610. The molecule has 0 radical (unpaired) electrons. The Bertz CT molecular complexity index is 267. The first-order valence-corrected chi connectivity index (χ1v) is 7.91. The van der Waals surface area contributed by atoms with Crippen LogP contribution in [0.4, 0.5) is 0 Å². The van der Waals surface area contributed by atoms with E-state index in [0.29, 0.717) is 0 Å². The minimum Gasteiger partial charge on any atom is -0.0622 e. The van der Waals surface area contributed by atoms with E-state index in [1.165, 1.54) is 11.7 Å². The van der Waals surface area contributed by atoms with Crippen LogP contribution < -0.4 is 0 Å². The standard InChI is InChI=1S/C12H18P/c1-13(2,3)11-7-10-12-8-5-4-6-9-12/h4-10H,11H2,1-3H3/q+1. The van der Waals surface area contributed by atoms with Gasteiger partial charge in [-0.2, -0.15) is 0 Å². The summed E-state index contributed by atoms with van der Waals surface area (Å²) in [5, 5.41) is 0. The van der Waals surface area contributed by atoms with Crippen LogP contribution >= 0.6 is 7.26 Å². The van der Waals surface area contributed by atoms with Gasteiger partial charge in [-0.15, -0.1) is 0 Å². The van der Waals surface area contributed by atoms with Crippen LogP contribution in [0.15, 0.2) is 36.4 Å². The summed E-state index contributed by atoms with van der Waals surface area (Å²) >= 11 is 0. The number of benzene rings is 1. The molecule has 0 atom stereocenters. The van der Waals surface area contributed by atoms with Gasteiger partial charge >= 0.3 is 0 Å². The van der Waals surface area contributed by atoms with Gasteiger partial charge in [-0.05, 0) is 11.6 Å². The fourth-order valence-corrected chi connectivity index (χ4v) is 1.81. The number of allylic oxidation sites excluding steroid dienone is 1. The van der Waals surface area contributed by atoms with Crippen LogP contribution in [0.25, 0.3) is 6.08 Å². The van der Waals surface area contributed by atoms with Crippen LogP contribution in [-0.2, 0) is 0 Å². The minimum absolute atomic E-state index is 0.639. The summed E-state index contributed by atoms with van der Waals surface area (Å²) in [6.07, 6.45) is 5.75. The second kappa shape index (κ2) is 4.58. The van der Waals surface area contributed by atoms with Gasteiger partial charge in [-0.1, -0.05) is 36.4 Å². The Morgan fingerprint density at radius 2 is 1.69 bits per heavy atom. The Labute approximate surface area is 82.0 Å². The SMILES string of the molecule is C[P+](C)(C)CC=Cc1ccccc1. The molecular formula is C12H18P+. The topological polar surface area (TPSA) is 0 Å². The molecular weight excluding hydrogens is 175 g/mol. The number of hydrogen-bond acceptors (Lipinski definition) is 0. The third kappa shape index (κ3) is 4.85. The van der Waals surface area contributed by atoms with Gasteiger partial charge in [0, 0.05) is 27.3 Å². The zero-order valence-corrected chi connectivity index (χ0v) is 9.59. The lowest BCUT2D eigenvalue weighted by atomic mass is 10.2. The summed E-state index contributed by atoms with van der Waals surface area (Å²) < 4.78 is 0. The molecule has 0 fully saturated rings. The van der Waals surface area contributed by atoms with Gasteiger partial charge in [0.25, 0.3) is 0 Å². The van der Waals surface area contributed by atoms with Crippen LogP contribution in [0.1, 0.15) is 5.56 Å². The molecule has 0 unspecified atom stereocenters. The van der Waals surface area contributed by atoms with E-state index in [4.69, 9.17) is 0 Å². The van der Waals surface area contributed by atoms with Crippen molar-refractivity contribution in [1.82, 2.24) is 0 Å². The molecule has 1 aromatic carbocycles. The van der Waals surface area contributed by atoms with Gasteiger partial charge in [0.1, 0.15) is 0 Å². The first-order valence-electron chi connectivity index (χ1n) is 4.60.